The Labute approximate surface area is 263 Å². The predicted octanol–water partition coefficient (Wildman–Crippen LogP) is 5.90. The van der Waals surface area contributed by atoms with E-state index in [0.717, 1.165) is 5.56 Å². The molecule has 3 amide bonds. The summed E-state index contributed by atoms with van der Waals surface area (Å²) in [6, 6.07) is 25.3. The summed E-state index contributed by atoms with van der Waals surface area (Å²) in [5, 5.41) is 19.1. The van der Waals surface area contributed by atoms with E-state index in [1.807, 2.05) is 19.9 Å². The second-order valence-electron chi connectivity index (χ2n) is 10.8. The molecule has 1 aromatic heterocycles. The highest BCUT2D eigenvalue weighted by Crippen LogP contribution is 2.28. The Morgan fingerprint density at radius 1 is 0.956 bits per heavy atom. The fourth-order valence-corrected chi connectivity index (χ4v) is 5.40. The molecule has 4 aromatic rings. The number of hydrogen-bond donors (Lipinski definition) is 4. The van der Waals surface area contributed by atoms with Crippen LogP contribution >= 0.6 is 0 Å². The van der Waals surface area contributed by atoms with E-state index < -0.39 is 22.2 Å². The van der Waals surface area contributed by atoms with Gasteiger partial charge >= 0.3 is 12.1 Å². The molecular formula is C33H36N6O5S. The molecule has 3 aromatic carbocycles. The van der Waals surface area contributed by atoms with Gasteiger partial charge in [0.15, 0.2) is 0 Å². The third kappa shape index (κ3) is 9.21. The SMILES string of the molecule is CC(C)CN(Cc1cccc(C(=N)NC(=O)OC(C)c2ccccn2)c1)C(=O)Nc1ccc(-c2ccccc2S(N)(=O)=O)cc1. The molecule has 0 saturated heterocycles. The number of amidine groups is 1. The molecule has 0 spiro atoms. The van der Waals surface area contributed by atoms with Crippen LogP contribution in [0.3, 0.4) is 0 Å². The van der Waals surface area contributed by atoms with Crippen molar-refractivity contribution >= 4 is 33.7 Å². The lowest BCUT2D eigenvalue weighted by Gasteiger charge is -2.25. The lowest BCUT2D eigenvalue weighted by atomic mass is 10.1. The van der Waals surface area contributed by atoms with Crippen molar-refractivity contribution in [3.05, 3.63) is 114 Å². The molecule has 12 heteroatoms. The number of carbonyl (C=O) groups is 2. The predicted molar refractivity (Wildman–Crippen MR) is 173 cm³/mol. The fraction of sp³-hybridized carbons (Fsp3) is 0.212. The normalized spacial score (nSPS) is 11.8. The zero-order chi connectivity index (χ0) is 32.6. The number of carbonyl (C=O) groups excluding carboxylic acids is 2. The molecule has 1 heterocycles. The number of hydrogen-bond acceptors (Lipinski definition) is 7. The van der Waals surface area contributed by atoms with E-state index in [9.17, 15) is 18.0 Å². The summed E-state index contributed by atoms with van der Waals surface area (Å²) in [5.74, 6) is 0.0332. The Morgan fingerprint density at radius 2 is 1.67 bits per heavy atom. The van der Waals surface area contributed by atoms with Gasteiger partial charge in [0.05, 0.1) is 10.6 Å². The Bertz CT molecular complexity index is 1760. The molecule has 45 heavy (non-hydrogen) atoms. The molecule has 4 rings (SSSR count). The van der Waals surface area contributed by atoms with E-state index >= 15 is 0 Å². The number of sulfonamides is 1. The number of anilines is 1. The van der Waals surface area contributed by atoms with E-state index in [4.69, 9.17) is 15.3 Å². The Balaban J connectivity index is 1.42. The molecule has 0 saturated carbocycles. The molecule has 0 bridgehead atoms. The third-order valence-corrected chi connectivity index (χ3v) is 7.69. The van der Waals surface area contributed by atoms with Crippen LogP contribution in [0.15, 0.2) is 102 Å². The Hall–Kier alpha value is -5.07. The quantitative estimate of drug-likeness (QED) is 0.126. The average molecular weight is 629 g/mol. The van der Waals surface area contributed by atoms with E-state index in [1.54, 1.807) is 96.9 Å². The van der Waals surface area contributed by atoms with Crippen molar-refractivity contribution in [3.63, 3.8) is 0 Å². The lowest BCUT2D eigenvalue weighted by Crippen LogP contribution is -2.37. The van der Waals surface area contributed by atoms with Crippen molar-refractivity contribution in [2.75, 3.05) is 11.9 Å². The first kappa shape index (κ1) is 32.8. The van der Waals surface area contributed by atoms with Crippen LogP contribution < -0.4 is 15.8 Å². The number of nitrogens with zero attached hydrogens (tertiary/aromatic N) is 2. The maximum absolute atomic E-state index is 13.4. The molecule has 11 nitrogen and oxygen atoms in total. The minimum absolute atomic E-state index is 0.0198. The van der Waals surface area contributed by atoms with Crippen molar-refractivity contribution in [3.8, 4) is 11.1 Å². The molecule has 1 atom stereocenters. The van der Waals surface area contributed by atoms with Crippen molar-refractivity contribution < 1.29 is 22.7 Å². The van der Waals surface area contributed by atoms with Gasteiger partial charge in [0.2, 0.25) is 10.0 Å². The fourth-order valence-electron chi connectivity index (χ4n) is 4.64. The number of aromatic nitrogens is 1. The Kier molecular flexibility index (Phi) is 10.7. The minimum atomic E-state index is -3.91. The maximum atomic E-state index is 13.4. The molecule has 5 N–H and O–H groups in total. The summed E-state index contributed by atoms with van der Waals surface area (Å²) in [5.41, 5.74) is 3.45. The van der Waals surface area contributed by atoms with E-state index in [1.165, 1.54) is 6.07 Å². The van der Waals surface area contributed by atoms with Crippen molar-refractivity contribution in [2.24, 2.45) is 11.1 Å². The number of nitrogens with one attached hydrogen (secondary N) is 3. The summed E-state index contributed by atoms with van der Waals surface area (Å²) in [7, 11) is -3.91. The first-order chi connectivity index (χ1) is 21.4. The first-order valence-corrected chi connectivity index (χ1v) is 15.8. The molecule has 0 aliphatic rings. The van der Waals surface area contributed by atoms with Gasteiger partial charge in [-0.05, 0) is 60.4 Å². The highest BCUT2D eigenvalue weighted by molar-refractivity contribution is 7.89. The highest BCUT2D eigenvalue weighted by Gasteiger charge is 2.19. The summed E-state index contributed by atoms with van der Waals surface area (Å²) >= 11 is 0. The van der Waals surface area contributed by atoms with Crippen molar-refractivity contribution in [1.82, 2.24) is 15.2 Å². The maximum Gasteiger partial charge on any atom is 0.413 e. The highest BCUT2D eigenvalue weighted by atomic mass is 32.2. The van der Waals surface area contributed by atoms with E-state index in [-0.39, 0.29) is 29.2 Å². The van der Waals surface area contributed by atoms with E-state index in [2.05, 4.69) is 15.6 Å². The van der Waals surface area contributed by atoms with Crippen LogP contribution in [0.5, 0.6) is 0 Å². The average Bonchev–Trinajstić information content (AvgIpc) is 3.01. The molecule has 0 fully saturated rings. The molecular weight excluding hydrogens is 592 g/mol. The summed E-state index contributed by atoms with van der Waals surface area (Å²) in [6.45, 7) is 6.43. The van der Waals surface area contributed by atoms with E-state index in [0.29, 0.717) is 34.6 Å². The van der Waals surface area contributed by atoms with Crippen molar-refractivity contribution in [1.29, 1.82) is 5.41 Å². The molecule has 0 radical (unpaired) electrons. The number of benzene rings is 3. The van der Waals surface area contributed by atoms with Gasteiger partial charge in [-0.3, -0.25) is 15.7 Å². The third-order valence-electron chi connectivity index (χ3n) is 6.72. The molecule has 0 aliphatic heterocycles. The summed E-state index contributed by atoms with van der Waals surface area (Å²) < 4.78 is 29.4. The topological polar surface area (TPSA) is 168 Å². The van der Waals surface area contributed by atoms with Gasteiger partial charge in [0.1, 0.15) is 11.9 Å². The zero-order valence-corrected chi connectivity index (χ0v) is 26.0. The molecule has 1 unspecified atom stereocenters. The van der Waals surface area contributed by atoms with Crippen molar-refractivity contribution in [2.45, 2.75) is 38.3 Å². The number of primary sulfonamides is 1. The van der Waals surface area contributed by atoms with Crippen LogP contribution in [0, 0.1) is 11.3 Å². The first-order valence-electron chi connectivity index (χ1n) is 14.3. The second kappa shape index (κ2) is 14.6. The lowest BCUT2D eigenvalue weighted by molar-refractivity contribution is 0.110. The van der Waals surface area contributed by atoms with Gasteiger partial charge in [0, 0.05) is 36.1 Å². The van der Waals surface area contributed by atoms with Gasteiger partial charge in [0.25, 0.3) is 0 Å². The smallest absolute Gasteiger partial charge is 0.413 e. The summed E-state index contributed by atoms with van der Waals surface area (Å²) in [4.78, 5) is 31.7. The number of nitrogens with two attached hydrogens (primary N) is 1. The minimum Gasteiger partial charge on any atom is -0.440 e. The van der Waals surface area contributed by atoms with Gasteiger partial charge < -0.3 is 15.0 Å². The Morgan fingerprint density at radius 3 is 2.33 bits per heavy atom. The zero-order valence-electron chi connectivity index (χ0n) is 25.2. The number of alkyl carbamates (subject to hydrolysis) is 1. The van der Waals surface area contributed by atoms with Crippen LogP contribution in [-0.2, 0) is 21.3 Å². The summed E-state index contributed by atoms with van der Waals surface area (Å²) in [6.07, 6.45) is 0.241. The van der Waals surface area contributed by atoms with Gasteiger partial charge in [-0.25, -0.2) is 23.1 Å². The van der Waals surface area contributed by atoms with Crippen LogP contribution in [0.2, 0.25) is 0 Å². The van der Waals surface area contributed by atoms with Gasteiger partial charge in [-0.15, -0.1) is 0 Å². The standard InChI is InChI=1S/C33H36N6O5S/c1-22(2)20-39(32(40)37-27-16-14-25(15-17-27)28-11-4-5-13-30(28)45(35,42)43)21-24-9-8-10-26(19-24)31(34)38-33(41)44-23(3)29-12-6-7-18-36-29/h4-19,22-23H,20-21H2,1-3H3,(H,37,40)(H2,34,38,41)(H2,35,42,43). The number of pyridine rings is 1. The van der Waals surface area contributed by atoms with Crippen LogP contribution in [-0.4, -0.2) is 42.8 Å². The van der Waals surface area contributed by atoms with Gasteiger partial charge in [-0.2, -0.15) is 0 Å². The van der Waals surface area contributed by atoms with Gasteiger partial charge in [-0.1, -0.05) is 68.4 Å². The molecule has 234 valence electrons. The number of urea groups is 1. The van der Waals surface area contributed by atoms with Crippen LogP contribution in [0.25, 0.3) is 11.1 Å². The number of ether oxygens (including phenoxy) is 1. The largest absolute Gasteiger partial charge is 0.440 e. The monoisotopic (exact) mass is 628 g/mol. The molecule has 0 aliphatic carbocycles. The van der Waals surface area contributed by atoms with Crippen LogP contribution in [0.1, 0.15) is 43.7 Å². The number of amides is 3. The number of rotatable bonds is 10. The second-order valence-corrected chi connectivity index (χ2v) is 12.4. The van der Waals surface area contributed by atoms with Crippen LogP contribution in [0.4, 0.5) is 15.3 Å².